The Bertz CT molecular complexity index is 841. The largest absolute Gasteiger partial charge is 0.356 e. The van der Waals surface area contributed by atoms with Crippen molar-refractivity contribution >= 4 is 17.5 Å². The number of halogens is 3. The van der Waals surface area contributed by atoms with Gasteiger partial charge in [0, 0.05) is 18.3 Å². The van der Waals surface area contributed by atoms with E-state index in [2.05, 4.69) is 10.6 Å². The highest BCUT2D eigenvalue weighted by Crippen LogP contribution is 2.39. The van der Waals surface area contributed by atoms with Crippen molar-refractivity contribution < 1.29 is 22.8 Å². The van der Waals surface area contributed by atoms with Crippen LogP contribution in [0.4, 0.5) is 18.9 Å². The molecule has 0 bridgehead atoms. The monoisotopic (exact) mass is 362 g/mol. The van der Waals surface area contributed by atoms with Gasteiger partial charge in [-0.05, 0) is 36.6 Å². The molecule has 4 nitrogen and oxygen atoms in total. The summed E-state index contributed by atoms with van der Waals surface area (Å²) in [5, 5.41) is 5.16. The fourth-order valence-corrected chi connectivity index (χ4v) is 2.74. The fraction of sp³-hybridized carbons (Fsp3) is 0.263. The maximum Gasteiger partial charge on any atom is 0.228 e. The molecule has 1 fully saturated rings. The molecule has 3 rings (SSSR count). The minimum atomic E-state index is -1.05. The number of anilines is 1. The van der Waals surface area contributed by atoms with E-state index in [0.29, 0.717) is 18.4 Å². The van der Waals surface area contributed by atoms with E-state index in [1.807, 2.05) is 0 Å². The maximum absolute atomic E-state index is 13.5. The predicted octanol–water partition coefficient (Wildman–Crippen LogP) is 3.04. The van der Waals surface area contributed by atoms with Crippen LogP contribution in [0.1, 0.15) is 12.0 Å². The number of rotatable bonds is 6. The van der Waals surface area contributed by atoms with Gasteiger partial charge in [-0.15, -0.1) is 0 Å². The molecule has 2 unspecified atom stereocenters. The summed E-state index contributed by atoms with van der Waals surface area (Å²) in [6.07, 6.45) is 0.748. The van der Waals surface area contributed by atoms with Crippen LogP contribution < -0.4 is 10.6 Å². The van der Waals surface area contributed by atoms with Crippen molar-refractivity contribution in [1.29, 1.82) is 0 Å². The lowest BCUT2D eigenvalue weighted by atomic mass is 10.1. The standard InChI is InChI=1S/C19H17F3N2O2/c20-15-4-2-1-3-11(15)7-8-23-18(25)13-10-14(13)19(26)24-12-5-6-16(21)17(22)9-12/h1-6,9,13-14H,7-8,10H2,(H,23,25)(H,24,26). The van der Waals surface area contributed by atoms with Crippen molar-refractivity contribution in [2.45, 2.75) is 12.8 Å². The third-order valence-corrected chi connectivity index (χ3v) is 4.30. The molecule has 0 aromatic heterocycles. The Balaban J connectivity index is 1.45. The topological polar surface area (TPSA) is 58.2 Å². The Hall–Kier alpha value is -2.83. The zero-order valence-corrected chi connectivity index (χ0v) is 13.8. The van der Waals surface area contributed by atoms with Crippen molar-refractivity contribution in [2.24, 2.45) is 11.8 Å². The highest BCUT2D eigenvalue weighted by atomic mass is 19.2. The van der Waals surface area contributed by atoms with E-state index >= 15 is 0 Å². The second-order valence-electron chi connectivity index (χ2n) is 6.20. The molecule has 0 radical (unpaired) electrons. The molecule has 1 aliphatic carbocycles. The van der Waals surface area contributed by atoms with Crippen LogP contribution >= 0.6 is 0 Å². The smallest absolute Gasteiger partial charge is 0.228 e. The molecule has 7 heteroatoms. The van der Waals surface area contributed by atoms with Crippen LogP contribution in [0.5, 0.6) is 0 Å². The van der Waals surface area contributed by atoms with Gasteiger partial charge < -0.3 is 10.6 Å². The molecule has 2 aromatic carbocycles. The van der Waals surface area contributed by atoms with Crippen LogP contribution in [0.3, 0.4) is 0 Å². The average Bonchev–Trinajstić information content (AvgIpc) is 3.41. The summed E-state index contributed by atoms with van der Waals surface area (Å²) in [6, 6.07) is 9.39. The van der Waals surface area contributed by atoms with Gasteiger partial charge in [0.2, 0.25) is 11.8 Å². The summed E-state index contributed by atoms with van der Waals surface area (Å²) in [7, 11) is 0. The first-order valence-electron chi connectivity index (χ1n) is 8.22. The van der Waals surface area contributed by atoms with E-state index in [1.54, 1.807) is 18.2 Å². The van der Waals surface area contributed by atoms with Gasteiger partial charge >= 0.3 is 0 Å². The third-order valence-electron chi connectivity index (χ3n) is 4.30. The normalized spacial score (nSPS) is 18.3. The molecule has 136 valence electrons. The molecule has 0 heterocycles. The van der Waals surface area contributed by atoms with Crippen LogP contribution in [0.25, 0.3) is 0 Å². The van der Waals surface area contributed by atoms with E-state index in [-0.39, 0.29) is 24.0 Å². The first-order valence-corrected chi connectivity index (χ1v) is 8.22. The van der Waals surface area contributed by atoms with Crippen LogP contribution in [0.15, 0.2) is 42.5 Å². The van der Waals surface area contributed by atoms with Gasteiger partial charge in [0.15, 0.2) is 11.6 Å². The number of carbonyl (C=O) groups excluding carboxylic acids is 2. The van der Waals surface area contributed by atoms with Crippen LogP contribution in [0.2, 0.25) is 0 Å². The van der Waals surface area contributed by atoms with Crippen molar-refractivity contribution in [1.82, 2.24) is 5.32 Å². The molecule has 2 amide bonds. The summed E-state index contributed by atoms with van der Waals surface area (Å²) in [5.74, 6) is -4.02. The SMILES string of the molecule is O=C(NCCc1ccccc1F)C1CC1C(=O)Nc1ccc(F)c(F)c1. The summed E-state index contributed by atoms with van der Waals surface area (Å²) < 4.78 is 39.5. The van der Waals surface area contributed by atoms with E-state index in [4.69, 9.17) is 0 Å². The van der Waals surface area contributed by atoms with Crippen LogP contribution in [-0.2, 0) is 16.0 Å². The molecular formula is C19H17F3N2O2. The Labute approximate surface area is 148 Å². The zero-order chi connectivity index (χ0) is 18.7. The van der Waals surface area contributed by atoms with E-state index in [9.17, 15) is 22.8 Å². The second-order valence-corrected chi connectivity index (χ2v) is 6.20. The number of carbonyl (C=O) groups is 2. The average molecular weight is 362 g/mol. The van der Waals surface area contributed by atoms with Gasteiger partial charge in [-0.1, -0.05) is 18.2 Å². The fourth-order valence-electron chi connectivity index (χ4n) is 2.74. The van der Waals surface area contributed by atoms with Gasteiger partial charge in [0.05, 0.1) is 11.8 Å². The molecule has 1 aliphatic rings. The molecule has 2 N–H and O–H groups in total. The van der Waals surface area contributed by atoms with Crippen LogP contribution in [-0.4, -0.2) is 18.4 Å². The molecule has 26 heavy (non-hydrogen) atoms. The number of amides is 2. The van der Waals surface area contributed by atoms with E-state index < -0.39 is 29.4 Å². The Kier molecular flexibility index (Phi) is 5.25. The van der Waals surface area contributed by atoms with Crippen molar-refractivity contribution in [3.8, 4) is 0 Å². The number of hydrogen-bond acceptors (Lipinski definition) is 2. The lowest BCUT2D eigenvalue weighted by Gasteiger charge is -2.07. The summed E-state index contributed by atoms with van der Waals surface area (Å²) in [4.78, 5) is 24.1. The summed E-state index contributed by atoms with van der Waals surface area (Å²) in [6.45, 7) is 0.272. The van der Waals surface area contributed by atoms with Gasteiger partial charge in [0.25, 0.3) is 0 Å². The predicted molar refractivity (Wildman–Crippen MR) is 89.7 cm³/mol. The van der Waals surface area contributed by atoms with Crippen molar-refractivity contribution in [3.05, 3.63) is 65.5 Å². The Morgan fingerprint density at radius 1 is 0.923 bits per heavy atom. The first-order chi connectivity index (χ1) is 12.5. The molecule has 1 saturated carbocycles. The highest BCUT2D eigenvalue weighted by molar-refractivity contribution is 5.99. The number of hydrogen-bond donors (Lipinski definition) is 2. The minimum absolute atomic E-state index is 0.138. The Morgan fingerprint density at radius 3 is 2.38 bits per heavy atom. The molecule has 2 atom stereocenters. The van der Waals surface area contributed by atoms with Gasteiger partial charge in [0.1, 0.15) is 5.82 Å². The zero-order valence-electron chi connectivity index (χ0n) is 13.8. The molecule has 0 aliphatic heterocycles. The van der Waals surface area contributed by atoms with Gasteiger partial charge in [-0.2, -0.15) is 0 Å². The Morgan fingerprint density at radius 2 is 1.65 bits per heavy atom. The van der Waals surface area contributed by atoms with Crippen molar-refractivity contribution in [2.75, 3.05) is 11.9 Å². The van der Waals surface area contributed by atoms with Crippen LogP contribution in [0, 0.1) is 29.3 Å². The maximum atomic E-state index is 13.5. The van der Waals surface area contributed by atoms with E-state index in [1.165, 1.54) is 12.1 Å². The lowest BCUT2D eigenvalue weighted by molar-refractivity contribution is -0.125. The molecule has 2 aromatic rings. The summed E-state index contributed by atoms with van der Waals surface area (Å²) in [5.41, 5.74) is 0.649. The number of benzene rings is 2. The van der Waals surface area contributed by atoms with Gasteiger partial charge in [-0.3, -0.25) is 9.59 Å². The molecule has 0 spiro atoms. The minimum Gasteiger partial charge on any atom is -0.356 e. The second kappa shape index (κ2) is 7.59. The van der Waals surface area contributed by atoms with E-state index in [0.717, 1.165) is 12.1 Å². The first kappa shape index (κ1) is 18.0. The lowest BCUT2D eigenvalue weighted by Crippen LogP contribution is -2.29. The quantitative estimate of drug-likeness (QED) is 0.830. The van der Waals surface area contributed by atoms with Gasteiger partial charge in [-0.25, -0.2) is 13.2 Å². The van der Waals surface area contributed by atoms with Crippen molar-refractivity contribution in [3.63, 3.8) is 0 Å². The molecule has 0 saturated heterocycles. The third kappa shape index (κ3) is 4.22. The highest BCUT2D eigenvalue weighted by Gasteiger charge is 2.47. The summed E-state index contributed by atoms with van der Waals surface area (Å²) >= 11 is 0. The number of nitrogens with one attached hydrogen (secondary N) is 2. The molecular weight excluding hydrogens is 345 g/mol.